The van der Waals surface area contributed by atoms with Crippen molar-refractivity contribution in [2.75, 3.05) is 12.4 Å². The van der Waals surface area contributed by atoms with Gasteiger partial charge in [0.15, 0.2) is 5.78 Å². The van der Waals surface area contributed by atoms with Crippen molar-refractivity contribution >= 4 is 11.5 Å². The van der Waals surface area contributed by atoms with Gasteiger partial charge in [0.2, 0.25) is 0 Å². The zero-order chi connectivity index (χ0) is 16.9. The number of carbonyl (C=O) groups excluding carboxylic acids is 1. The summed E-state index contributed by atoms with van der Waals surface area (Å²) in [5.74, 6) is 0.285. The maximum Gasteiger partial charge on any atom is 0.418 e. The Labute approximate surface area is 131 Å². The van der Waals surface area contributed by atoms with Gasteiger partial charge < -0.3 is 10.1 Å². The molecule has 1 N–H and O–H groups in total. The van der Waals surface area contributed by atoms with E-state index in [0.717, 1.165) is 6.07 Å². The Hall–Kier alpha value is -2.76. The van der Waals surface area contributed by atoms with Gasteiger partial charge in [-0.25, -0.2) is 0 Å². The highest BCUT2D eigenvalue weighted by Crippen LogP contribution is 2.34. The lowest BCUT2D eigenvalue weighted by molar-refractivity contribution is -0.136. The first-order valence-electron chi connectivity index (χ1n) is 6.69. The first-order chi connectivity index (χ1) is 10.9. The number of hydrogen-bond donors (Lipinski definition) is 1. The third-order valence-corrected chi connectivity index (χ3v) is 3.08. The lowest BCUT2D eigenvalue weighted by Gasteiger charge is -2.11. The zero-order valence-corrected chi connectivity index (χ0v) is 12.2. The summed E-state index contributed by atoms with van der Waals surface area (Å²) in [6, 6.07) is 11.5. The van der Waals surface area contributed by atoms with Crippen molar-refractivity contribution in [2.24, 2.45) is 0 Å². The topological polar surface area (TPSA) is 38.3 Å². The van der Waals surface area contributed by atoms with Gasteiger partial charge in [0, 0.05) is 17.8 Å². The smallest absolute Gasteiger partial charge is 0.418 e. The van der Waals surface area contributed by atoms with E-state index in [4.69, 9.17) is 4.74 Å². The van der Waals surface area contributed by atoms with Gasteiger partial charge in [-0.1, -0.05) is 12.1 Å². The van der Waals surface area contributed by atoms with Crippen LogP contribution in [0.1, 0.15) is 15.9 Å². The molecule has 2 rings (SSSR count). The highest BCUT2D eigenvalue weighted by Gasteiger charge is 2.32. The minimum absolute atomic E-state index is 0.112. The molecular weight excluding hydrogens is 307 g/mol. The monoisotopic (exact) mass is 321 g/mol. The molecule has 0 aliphatic rings. The summed E-state index contributed by atoms with van der Waals surface area (Å²) in [5.41, 5.74) is -0.492. The van der Waals surface area contributed by atoms with Crippen LogP contribution in [0.5, 0.6) is 5.75 Å². The number of allylic oxidation sites excluding steroid dienone is 1. The third kappa shape index (κ3) is 4.35. The first-order valence-corrected chi connectivity index (χ1v) is 6.69. The minimum Gasteiger partial charge on any atom is -0.497 e. The van der Waals surface area contributed by atoms with E-state index in [1.54, 1.807) is 24.3 Å². The molecule has 0 spiro atoms. The molecule has 3 nitrogen and oxygen atoms in total. The van der Waals surface area contributed by atoms with E-state index in [1.165, 1.54) is 37.6 Å². The van der Waals surface area contributed by atoms with Gasteiger partial charge in [0.1, 0.15) is 5.75 Å². The zero-order valence-electron chi connectivity index (χ0n) is 12.2. The van der Waals surface area contributed by atoms with E-state index in [-0.39, 0.29) is 11.5 Å². The Balaban J connectivity index is 2.08. The van der Waals surface area contributed by atoms with Gasteiger partial charge >= 0.3 is 6.18 Å². The number of carbonyl (C=O) groups is 1. The predicted molar refractivity (Wildman–Crippen MR) is 81.5 cm³/mol. The van der Waals surface area contributed by atoms with Crippen LogP contribution >= 0.6 is 0 Å². The van der Waals surface area contributed by atoms with Crippen LogP contribution in [0.15, 0.2) is 60.8 Å². The van der Waals surface area contributed by atoms with Gasteiger partial charge in [-0.2, -0.15) is 13.2 Å². The summed E-state index contributed by atoms with van der Waals surface area (Å²) in [5, 5.41) is 2.50. The second-order valence-electron chi connectivity index (χ2n) is 4.61. The summed E-state index contributed by atoms with van der Waals surface area (Å²) in [6.07, 6.45) is -2.09. The molecule has 0 saturated carbocycles. The molecule has 2 aromatic rings. The lowest BCUT2D eigenvalue weighted by Crippen LogP contribution is -2.08. The summed E-state index contributed by atoms with van der Waals surface area (Å²) < 4.78 is 43.5. The van der Waals surface area contributed by atoms with Crippen molar-refractivity contribution in [3.63, 3.8) is 0 Å². The molecule has 120 valence electrons. The molecule has 0 saturated heterocycles. The SMILES string of the molecule is COc1ccc(C(=O)C=CNc2ccccc2C(F)(F)F)cc1. The van der Waals surface area contributed by atoms with E-state index in [2.05, 4.69) is 5.32 Å². The highest BCUT2D eigenvalue weighted by atomic mass is 19.4. The van der Waals surface area contributed by atoms with E-state index >= 15 is 0 Å². The molecule has 0 atom stereocenters. The van der Waals surface area contributed by atoms with Crippen molar-refractivity contribution in [3.8, 4) is 5.75 Å². The molecule has 0 fully saturated rings. The number of nitrogens with one attached hydrogen (secondary N) is 1. The van der Waals surface area contributed by atoms with Gasteiger partial charge in [-0.3, -0.25) is 4.79 Å². The molecular formula is C17H14F3NO2. The first kappa shape index (κ1) is 16.6. The van der Waals surface area contributed by atoms with E-state index in [0.29, 0.717) is 11.3 Å². The summed E-state index contributed by atoms with van der Waals surface area (Å²) in [6.45, 7) is 0. The largest absolute Gasteiger partial charge is 0.497 e. The third-order valence-electron chi connectivity index (χ3n) is 3.08. The average Bonchev–Trinajstić information content (AvgIpc) is 2.54. The fourth-order valence-corrected chi connectivity index (χ4v) is 1.91. The maximum atomic E-state index is 12.8. The fourth-order valence-electron chi connectivity index (χ4n) is 1.91. The second-order valence-corrected chi connectivity index (χ2v) is 4.61. The highest BCUT2D eigenvalue weighted by molar-refractivity contribution is 6.04. The Morgan fingerprint density at radius 1 is 1.09 bits per heavy atom. The molecule has 0 aromatic heterocycles. The number of anilines is 1. The van der Waals surface area contributed by atoms with Crippen molar-refractivity contribution < 1.29 is 22.7 Å². The van der Waals surface area contributed by atoms with Crippen LogP contribution in [-0.4, -0.2) is 12.9 Å². The van der Waals surface area contributed by atoms with E-state index in [9.17, 15) is 18.0 Å². The Morgan fingerprint density at radius 2 is 1.74 bits per heavy atom. The van der Waals surface area contributed by atoms with Crippen molar-refractivity contribution in [2.45, 2.75) is 6.18 Å². The molecule has 0 aliphatic heterocycles. The van der Waals surface area contributed by atoms with Gasteiger partial charge in [-0.05, 0) is 36.4 Å². The van der Waals surface area contributed by atoms with Crippen LogP contribution in [0, 0.1) is 0 Å². The normalized spacial score (nSPS) is 11.5. The van der Waals surface area contributed by atoms with Gasteiger partial charge in [-0.15, -0.1) is 0 Å². The quantitative estimate of drug-likeness (QED) is 0.650. The van der Waals surface area contributed by atoms with E-state index in [1.807, 2.05) is 0 Å². The number of alkyl halides is 3. The number of hydrogen-bond acceptors (Lipinski definition) is 3. The minimum atomic E-state index is -4.46. The molecule has 0 unspecified atom stereocenters. The van der Waals surface area contributed by atoms with Crippen LogP contribution in [0.2, 0.25) is 0 Å². The van der Waals surface area contributed by atoms with Crippen molar-refractivity contribution in [1.82, 2.24) is 0 Å². The van der Waals surface area contributed by atoms with Gasteiger partial charge in [0.05, 0.1) is 18.4 Å². The molecule has 0 amide bonds. The number of ether oxygens (including phenoxy) is 1. The number of rotatable bonds is 5. The Kier molecular flexibility index (Phi) is 5.05. The Morgan fingerprint density at radius 3 is 2.35 bits per heavy atom. The molecule has 0 aliphatic carbocycles. The number of halogens is 3. The van der Waals surface area contributed by atoms with Crippen LogP contribution in [0.4, 0.5) is 18.9 Å². The van der Waals surface area contributed by atoms with Crippen LogP contribution in [0.25, 0.3) is 0 Å². The van der Waals surface area contributed by atoms with Crippen molar-refractivity contribution in [1.29, 1.82) is 0 Å². The maximum absolute atomic E-state index is 12.8. The number of para-hydroxylation sites is 1. The fraction of sp³-hybridized carbons (Fsp3) is 0.118. The summed E-state index contributed by atoms with van der Waals surface area (Å²) in [4.78, 5) is 11.9. The van der Waals surface area contributed by atoms with Crippen LogP contribution in [0.3, 0.4) is 0 Å². The molecule has 0 radical (unpaired) electrons. The number of benzene rings is 2. The van der Waals surface area contributed by atoms with Crippen LogP contribution in [-0.2, 0) is 6.18 Å². The lowest BCUT2D eigenvalue weighted by atomic mass is 10.1. The predicted octanol–water partition coefficient (Wildman–Crippen LogP) is 4.52. The number of ketones is 1. The standard InChI is InChI=1S/C17H14F3NO2/c1-23-13-8-6-12(7-9-13)16(22)10-11-21-15-5-3-2-4-14(15)17(18,19)20/h2-11,21H,1H3. The summed E-state index contributed by atoms with van der Waals surface area (Å²) >= 11 is 0. The molecule has 2 aromatic carbocycles. The molecule has 23 heavy (non-hydrogen) atoms. The van der Waals surface area contributed by atoms with Gasteiger partial charge in [0.25, 0.3) is 0 Å². The van der Waals surface area contributed by atoms with Crippen LogP contribution < -0.4 is 10.1 Å². The number of methoxy groups -OCH3 is 1. The van der Waals surface area contributed by atoms with Crippen molar-refractivity contribution in [3.05, 3.63) is 71.9 Å². The summed E-state index contributed by atoms with van der Waals surface area (Å²) in [7, 11) is 1.51. The average molecular weight is 321 g/mol. The molecule has 0 heterocycles. The van der Waals surface area contributed by atoms with E-state index < -0.39 is 11.7 Å². The second kappa shape index (κ2) is 7.00. The molecule has 0 bridgehead atoms. The Bertz CT molecular complexity index is 707. The molecule has 6 heteroatoms.